The molecule has 1 rings (SSSR count). The second kappa shape index (κ2) is 4.43. The predicted octanol–water partition coefficient (Wildman–Crippen LogP) is 1.63. The highest BCUT2D eigenvalue weighted by Crippen LogP contribution is 2.59. The molecule has 5 nitrogen and oxygen atoms in total. The largest absolute Gasteiger partial charge is 0.479 e. The molecule has 0 aromatic carbocycles. The molecule has 0 radical (unpaired) electrons. The van der Waals surface area contributed by atoms with E-state index in [4.69, 9.17) is 5.11 Å². The number of hydrogen-bond donors (Lipinski definition) is 1. The number of phosphoric acid groups is 1. The predicted molar refractivity (Wildman–Crippen MR) is 46.3 cm³/mol. The third-order valence-corrected chi connectivity index (χ3v) is 3.63. The summed E-state index contributed by atoms with van der Waals surface area (Å²) in [5.74, 6) is -1.64. The van der Waals surface area contributed by atoms with Gasteiger partial charge in [0.25, 0.3) is 0 Å². The summed E-state index contributed by atoms with van der Waals surface area (Å²) in [6, 6.07) is 0. The lowest BCUT2D eigenvalue weighted by Crippen LogP contribution is -2.24. The van der Waals surface area contributed by atoms with E-state index >= 15 is 0 Å². The van der Waals surface area contributed by atoms with Crippen molar-refractivity contribution in [3.05, 3.63) is 0 Å². The molecule has 0 heterocycles. The number of halogens is 2. The highest BCUT2D eigenvalue weighted by atomic mass is 31.2. The summed E-state index contributed by atoms with van der Waals surface area (Å²) in [5.41, 5.74) is 0. The first-order chi connectivity index (χ1) is 6.88. The maximum Gasteiger partial charge on any atom is 0.479 e. The van der Waals surface area contributed by atoms with Gasteiger partial charge in [-0.05, 0) is 12.3 Å². The molecule has 0 spiro atoms. The third kappa shape index (κ3) is 2.95. The molecular weight excluding hydrogens is 233 g/mol. The van der Waals surface area contributed by atoms with Gasteiger partial charge in [-0.25, -0.2) is 9.09 Å². The maximum absolute atomic E-state index is 13.2. The lowest BCUT2D eigenvalue weighted by molar-refractivity contribution is -0.207. The molecule has 0 unspecified atom stereocenters. The molecule has 0 aromatic rings. The molecule has 0 bridgehead atoms. The van der Waals surface area contributed by atoms with Gasteiger partial charge in [-0.2, -0.15) is 8.78 Å². The van der Waals surface area contributed by atoms with E-state index in [0.29, 0.717) is 0 Å². The van der Waals surface area contributed by atoms with Crippen molar-refractivity contribution in [1.29, 1.82) is 0 Å². The smallest absolute Gasteiger partial charge is 0.396 e. The highest BCUT2D eigenvalue weighted by molar-refractivity contribution is 7.48. The zero-order chi connectivity index (χ0) is 11.7. The van der Waals surface area contributed by atoms with Crippen LogP contribution in [0.2, 0.25) is 0 Å². The van der Waals surface area contributed by atoms with Gasteiger partial charge in [0.2, 0.25) is 0 Å². The number of phosphoric ester groups is 1. The van der Waals surface area contributed by atoms with E-state index < -0.39 is 25.8 Å². The van der Waals surface area contributed by atoms with Crippen LogP contribution in [-0.2, 0) is 18.1 Å². The van der Waals surface area contributed by atoms with Gasteiger partial charge in [-0.1, -0.05) is 0 Å². The molecule has 8 heteroatoms. The molecule has 1 saturated carbocycles. The minimum atomic E-state index is -4.19. The Hall–Kier alpha value is -0.0700. The normalized spacial score (nSPS) is 26.7. The van der Waals surface area contributed by atoms with Crippen molar-refractivity contribution < 1.29 is 32.0 Å². The fourth-order valence-corrected chi connectivity index (χ4v) is 1.96. The monoisotopic (exact) mass is 246 g/mol. The Morgan fingerprint density at radius 2 is 2.00 bits per heavy atom. The average molecular weight is 246 g/mol. The molecule has 90 valence electrons. The minimum Gasteiger partial charge on any atom is -0.396 e. The van der Waals surface area contributed by atoms with Crippen LogP contribution < -0.4 is 0 Å². The van der Waals surface area contributed by atoms with E-state index in [1.54, 1.807) is 0 Å². The van der Waals surface area contributed by atoms with Gasteiger partial charge in [0.05, 0.1) is 5.92 Å². The second-order valence-electron chi connectivity index (χ2n) is 3.25. The van der Waals surface area contributed by atoms with Crippen LogP contribution in [0.3, 0.4) is 0 Å². The summed E-state index contributed by atoms with van der Waals surface area (Å²) in [6.45, 7) is -0.339. The van der Waals surface area contributed by atoms with Gasteiger partial charge in [0, 0.05) is 20.8 Å². The van der Waals surface area contributed by atoms with Crippen LogP contribution in [0.25, 0.3) is 0 Å². The molecule has 1 fully saturated rings. The Kier molecular flexibility index (Phi) is 3.84. The molecule has 0 aromatic heterocycles. The summed E-state index contributed by atoms with van der Waals surface area (Å²) in [5, 5.41) is 8.63. The minimum absolute atomic E-state index is 0.136. The Morgan fingerprint density at radius 3 is 2.33 bits per heavy atom. The van der Waals surface area contributed by atoms with E-state index in [-0.39, 0.29) is 13.0 Å². The lowest BCUT2D eigenvalue weighted by atomic mass is 10.3. The molecule has 2 atom stereocenters. The van der Waals surface area contributed by atoms with E-state index in [1.165, 1.54) is 0 Å². The van der Waals surface area contributed by atoms with Crippen LogP contribution in [0.15, 0.2) is 0 Å². The maximum atomic E-state index is 13.2. The molecule has 1 aliphatic carbocycles. The van der Waals surface area contributed by atoms with Crippen LogP contribution in [0.4, 0.5) is 8.78 Å². The van der Waals surface area contributed by atoms with Gasteiger partial charge in [-0.15, -0.1) is 0 Å². The molecule has 0 saturated heterocycles. The molecule has 1 N–H and O–H groups in total. The lowest BCUT2D eigenvalue weighted by Gasteiger charge is -2.21. The number of aliphatic hydroxyl groups is 1. The summed E-state index contributed by atoms with van der Waals surface area (Å²) in [7, 11) is -2.27. The SMILES string of the molecule is COP(=O)(OC)OC(F)(F)[C@@H]1C[C@H]1CO. The first-order valence-corrected chi connectivity index (χ1v) is 5.75. The fourth-order valence-electron chi connectivity index (χ4n) is 1.23. The van der Waals surface area contributed by atoms with Crippen molar-refractivity contribution in [3.8, 4) is 0 Å². The Balaban J connectivity index is 2.60. The zero-order valence-corrected chi connectivity index (χ0v) is 9.25. The summed E-state index contributed by atoms with van der Waals surface area (Å²) in [4.78, 5) is 0. The van der Waals surface area contributed by atoms with E-state index in [0.717, 1.165) is 14.2 Å². The van der Waals surface area contributed by atoms with Crippen LogP contribution in [0.1, 0.15) is 6.42 Å². The van der Waals surface area contributed by atoms with Crippen LogP contribution in [0, 0.1) is 11.8 Å². The van der Waals surface area contributed by atoms with Gasteiger partial charge in [0.15, 0.2) is 0 Å². The van der Waals surface area contributed by atoms with Crippen LogP contribution in [0.5, 0.6) is 0 Å². The molecule has 1 aliphatic rings. The van der Waals surface area contributed by atoms with Gasteiger partial charge < -0.3 is 5.11 Å². The van der Waals surface area contributed by atoms with Crippen molar-refractivity contribution in [2.24, 2.45) is 11.8 Å². The van der Waals surface area contributed by atoms with Gasteiger partial charge >= 0.3 is 13.9 Å². The molecular formula is C7H13F2O5P. The second-order valence-corrected chi connectivity index (χ2v) is 5.06. The standard InChI is InChI=1S/C7H13F2O5P/c1-12-15(11,13-2)14-7(8,9)6-3-5(6)4-10/h5-6,10H,3-4H2,1-2H3/t5-,6+/m0/s1. The third-order valence-electron chi connectivity index (χ3n) is 2.27. The fraction of sp³-hybridized carbons (Fsp3) is 1.00. The molecule has 0 aliphatic heterocycles. The van der Waals surface area contributed by atoms with E-state index in [1.807, 2.05) is 0 Å². The van der Waals surface area contributed by atoms with E-state index in [2.05, 4.69) is 13.6 Å². The van der Waals surface area contributed by atoms with Crippen molar-refractivity contribution in [2.45, 2.75) is 12.5 Å². The van der Waals surface area contributed by atoms with Gasteiger partial charge in [0.1, 0.15) is 0 Å². The summed E-state index contributed by atoms with van der Waals surface area (Å²) >= 11 is 0. The Bertz CT molecular complexity index is 264. The van der Waals surface area contributed by atoms with Crippen molar-refractivity contribution in [1.82, 2.24) is 0 Å². The zero-order valence-electron chi connectivity index (χ0n) is 8.35. The Labute approximate surface area is 85.9 Å². The first-order valence-electron chi connectivity index (χ1n) is 4.29. The Morgan fingerprint density at radius 1 is 1.47 bits per heavy atom. The topological polar surface area (TPSA) is 65.0 Å². The summed E-state index contributed by atoms with van der Waals surface area (Å²) in [6.07, 6.45) is -3.47. The van der Waals surface area contributed by atoms with E-state index in [9.17, 15) is 13.3 Å². The average Bonchev–Trinajstić information content (AvgIpc) is 2.96. The number of aliphatic hydroxyl groups excluding tert-OH is 1. The molecule has 15 heavy (non-hydrogen) atoms. The molecule has 0 amide bonds. The van der Waals surface area contributed by atoms with Gasteiger partial charge in [-0.3, -0.25) is 9.05 Å². The number of hydrogen-bond acceptors (Lipinski definition) is 5. The van der Waals surface area contributed by atoms with Crippen molar-refractivity contribution >= 4 is 7.82 Å². The van der Waals surface area contributed by atoms with Crippen molar-refractivity contribution in [3.63, 3.8) is 0 Å². The van der Waals surface area contributed by atoms with Crippen molar-refractivity contribution in [2.75, 3.05) is 20.8 Å². The highest BCUT2D eigenvalue weighted by Gasteiger charge is 2.58. The summed E-state index contributed by atoms with van der Waals surface area (Å²) < 4.78 is 50.3. The number of rotatable bonds is 6. The first kappa shape index (κ1) is 13.0. The van der Waals surface area contributed by atoms with Crippen LogP contribution in [-0.4, -0.2) is 32.0 Å². The quantitative estimate of drug-likeness (QED) is 0.721. The number of alkyl halides is 2. The van der Waals surface area contributed by atoms with Crippen LogP contribution >= 0.6 is 7.82 Å².